The highest BCUT2D eigenvalue weighted by atomic mass is 35.5. The second-order valence-electron chi connectivity index (χ2n) is 13.3. The first-order valence-electron chi connectivity index (χ1n) is 16.1. The molecule has 3 fully saturated rings. The molecule has 6 N–H and O–H groups in total. The third-order valence-electron chi connectivity index (χ3n) is 9.82. The van der Waals surface area contributed by atoms with Gasteiger partial charge in [-0.05, 0) is 43.4 Å². The van der Waals surface area contributed by atoms with Gasteiger partial charge in [-0.15, -0.1) is 0 Å². The number of halogens is 3. The molecule has 5 rings (SSSR count). The van der Waals surface area contributed by atoms with Gasteiger partial charge in [-0.25, -0.2) is 18.7 Å². The number of likely N-dealkylation sites (tertiary alicyclic amines) is 1. The number of aliphatic hydroxyl groups excluding tert-OH is 5. The molecule has 1 saturated carbocycles. The molecular weight excluding hydrogens is 640 g/mol. The second-order valence-corrected chi connectivity index (χ2v) is 13.7. The number of piperidine rings is 1. The molecule has 12 nitrogen and oxygen atoms in total. The molecule has 3 aliphatic rings. The SMILES string of the molecule is O=C(Cc1c(F)cc(OCCC2CC3(CCN(c4ncc(Cl)cn4)CC3)C2)cc1F)N1CC(CNC[C@H](O)[C@@H](O)[C@H](O)[C@H](O)CO)C1. The summed E-state index contributed by atoms with van der Waals surface area (Å²) in [6, 6.07) is 2.25. The summed E-state index contributed by atoms with van der Waals surface area (Å²) in [5.41, 5.74) is 0.0244. The van der Waals surface area contributed by atoms with E-state index in [1.807, 2.05) is 0 Å². The topological polar surface area (TPSA) is 172 Å². The smallest absolute Gasteiger partial charge is 0.227 e. The Kier molecular flexibility index (Phi) is 11.9. The zero-order chi connectivity index (χ0) is 33.7. The summed E-state index contributed by atoms with van der Waals surface area (Å²) in [5.74, 6) is -0.720. The third-order valence-corrected chi connectivity index (χ3v) is 10.0. The molecule has 4 atom stereocenters. The Hall–Kier alpha value is -2.72. The summed E-state index contributed by atoms with van der Waals surface area (Å²) in [4.78, 5) is 25.0. The number of nitrogens with zero attached hydrogens (tertiary/aromatic N) is 4. The van der Waals surface area contributed by atoms with E-state index in [4.69, 9.17) is 21.4 Å². The zero-order valence-corrected chi connectivity index (χ0v) is 26.9. The monoisotopic (exact) mass is 683 g/mol. The van der Waals surface area contributed by atoms with Crippen molar-refractivity contribution in [2.24, 2.45) is 17.3 Å². The number of aliphatic hydroxyl groups is 5. The summed E-state index contributed by atoms with van der Waals surface area (Å²) in [7, 11) is 0. The van der Waals surface area contributed by atoms with E-state index in [9.17, 15) is 34.0 Å². The minimum absolute atomic E-state index is 0.0315. The lowest BCUT2D eigenvalue weighted by atomic mass is 9.57. The van der Waals surface area contributed by atoms with E-state index in [1.165, 1.54) is 4.90 Å². The van der Waals surface area contributed by atoms with E-state index in [0.29, 0.717) is 48.5 Å². The van der Waals surface area contributed by atoms with E-state index in [1.54, 1.807) is 12.4 Å². The molecule has 1 aliphatic carbocycles. The predicted molar refractivity (Wildman–Crippen MR) is 168 cm³/mol. The van der Waals surface area contributed by atoms with E-state index in [0.717, 1.165) is 57.3 Å². The standard InChI is InChI=1S/C32H44ClF2N5O7/c33-21-13-37-31(38-14-21)39-4-2-32(3-5-39)10-19(11-32)1-6-47-22-7-24(34)23(25(35)8-22)9-28(44)40-16-20(17-40)12-36-15-26(42)29(45)30(46)27(43)18-41/h7-8,13-14,19-20,26-27,29-30,36,41-43,45-46H,1-6,9-12,15-18H2/t26-,27+,29+,30+/m0/s1. The Morgan fingerprint density at radius 1 is 1.02 bits per heavy atom. The lowest BCUT2D eigenvalue weighted by Gasteiger charge is -2.52. The molecule has 260 valence electrons. The molecule has 47 heavy (non-hydrogen) atoms. The van der Waals surface area contributed by atoms with E-state index in [-0.39, 0.29) is 23.8 Å². The second kappa shape index (κ2) is 15.7. The average Bonchev–Trinajstić information content (AvgIpc) is 3.02. The molecule has 2 saturated heterocycles. The largest absolute Gasteiger partial charge is 0.493 e. The number of amides is 1. The van der Waals surface area contributed by atoms with Crippen LogP contribution in [0.2, 0.25) is 5.02 Å². The summed E-state index contributed by atoms with van der Waals surface area (Å²) in [6.07, 6.45) is 1.62. The molecule has 2 aliphatic heterocycles. The van der Waals surface area contributed by atoms with Crippen molar-refractivity contribution >= 4 is 23.5 Å². The Morgan fingerprint density at radius 3 is 2.26 bits per heavy atom. The van der Waals surface area contributed by atoms with Gasteiger partial charge in [0.2, 0.25) is 11.9 Å². The molecule has 1 aromatic heterocycles. The van der Waals surface area contributed by atoms with Gasteiger partial charge in [0.25, 0.3) is 0 Å². The van der Waals surface area contributed by atoms with Crippen LogP contribution in [0.4, 0.5) is 14.7 Å². The first-order chi connectivity index (χ1) is 22.5. The Labute approximate surface area is 277 Å². The third kappa shape index (κ3) is 8.85. The molecule has 1 spiro atoms. The van der Waals surface area contributed by atoms with Crippen molar-refractivity contribution < 1.29 is 43.8 Å². The van der Waals surface area contributed by atoms with Gasteiger partial charge in [0, 0.05) is 62.9 Å². The highest BCUT2D eigenvalue weighted by Gasteiger charge is 2.45. The van der Waals surface area contributed by atoms with Gasteiger partial charge in [-0.1, -0.05) is 11.6 Å². The Morgan fingerprint density at radius 2 is 1.64 bits per heavy atom. The van der Waals surface area contributed by atoms with Crippen LogP contribution in [0, 0.1) is 28.9 Å². The first-order valence-corrected chi connectivity index (χ1v) is 16.5. The molecule has 3 heterocycles. The van der Waals surface area contributed by atoms with Crippen molar-refractivity contribution in [2.45, 2.75) is 62.9 Å². The molecule has 0 unspecified atom stereocenters. The molecule has 15 heteroatoms. The fraction of sp³-hybridized carbons (Fsp3) is 0.656. The van der Waals surface area contributed by atoms with Crippen molar-refractivity contribution in [3.63, 3.8) is 0 Å². The number of aromatic nitrogens is 2. The average molecular weight is 684 g/mol. The summed E-state index contributed by atoms with van der Waals surface area (Å²) in [6.45, 7) is 2.41. The maximum Gasteiger partial charge on any atom is 0.227 e. The van der Waals surface area contributed by atoms with Crippen LogP contribution in [0.25, 0.3) is 0 Å². The highest BCUT2D eigenvalue weighted by molar-refractivity contribution is 6.30. The fourth-order valence-corrected chi connectivity index (χ4v) is 6.99. The number of carbonyl (C=O) groups is 1. The minimum Gasteiger partial charge on any atom is -0.493 e. The van der Waals surface area contributed by atoms with Gasteiger partial charge in [0.1, 0.15) is 35.7 Å². The van der Waals surface area contributed by atoms with Gasteiger partial charge < -0.3 is 45.4 Å². The summed E-state index contributed by atoms with van der Waals surface area (Å²) >= 11 is 5.89. The summed E-state index contributed by atoms with van der Waals surface area (Å²) < 4.78 is 35.4. The number of hydrogen-bond acceptors (Lipinski definition) is 11. The number of anilines is 1. The lowest BCUT2D eigenvalue weighted by molar-refractivity contribution is -0.136. The molecular formula is C32H44ClF2N5O7. The quantitative estimate of drug-likeness (QED) is 0.158. The number of rotatable bonds is 15. The van der Waals surface area contributed by atoms with E-state index in [2.05, 4.69) is 20.2 Å². The van der Waals surface area contributed by atoms with Crippen LogP contribution in [-0.2, 0) is 11.2 Å². The van der Waals surface area contributed by atoms with Crippen LogP contribution in [0.15, 0.2) is 24.5 Å². The van der Waals surface area contributed by atoms with Crippen LogP contribution >= 0.6 is 11.6 Å². The molecule has 1 amide bonds. The number of hydrogen-bond donors (Lipinski definition) is 6. The van der Waals surface area contributed by atoms with E-state index < -0.39 is 55.0 Å². The van der Waals surface area contributed by atoms with E-state index >= 15 is 0 Å². The first kappa shape index (κ1) is 35.6. The predicted octanol–water partition coefficient (Wildman–Crippen LogP) is 0.900. The van der Waals surface area contributed by atoms with Gasteiger partial charge in [0.15, 0.2) is 0 Å². The number of nitrogens with one attached hydrogen (secondary N) is 1. The number of carbonyl (C=O) groups excluding carboxylic acids is 1. The van der Waals surface area contributed by atoms with Crippen LogP contribution in [-0.4, -0.2) is 123 Å². The molecule has 0 bridgehead atoms. The van der Waals surface area contributed by atoms with Crippen LogP contribution in [0.1, 0.15) is 37.7 Å². The molecule has 0 radical (unpaired) electrons. The van der Waals surface area contributed by atoms with Gasteiger partial charge in [0.05, 0.1) is 43.2 Å². The highest BCUT2D eigenvalue weighted by Crippen LogP contribution is 2.53. The minimum atomic E-state index is -1.71. The maximum atomic E-state index is 14.8. The summed E-state index contributed by atoms with van der Waals surface area (Å²) in [5, 5.41) is 51.2. The van der Waals surface area contributed by atoms with Gasteiger partial charge >= 0.3 is 0 Å². The maximum absolute atomic E-state index is 14.8. The van der Waals surface area contributed by atoms with Crippen molar-refractivity contribution in [1.82, 2.24) is 20.2 Å². The number of benzene rings is 1. The Balaban J connectivity index is 0.970. The van der Waals surface area contributed by atoms with Gasteiger partial charge in [-0.2, -0.15) is 0 Å². The number of ether oxygens (including phenoxy) is 1. The molecule has 2 aromatic rings. The normalized spacial score (nSPS) is 20.8. The zero-order valence-electron chi connectivity index (χ0n) is 26.1. The fourth-order valence-electron chi connectivity index (χ4n) is 6.89. The molecule has 1 aromatic carbocycles. The van der Waals surface area contributed by atoms with Crippen LogP contribution < -0.4 is 15.0 Å². The lowest BCUT2D eigenvalue weighted by Crippen LogP contribution is -2.55. The van der Waals surface area contributed by atoms with Crippen LogP contribution in [0.3, 0.4) is 0 Å². The van der Waals surface area contributed by atoms with Crippen molar-refractivity contribution in [1.29, 1.82) is 0 Å². The van der Waals surface area contributed by atoms with Gasteiger partial charge in [-0.3, -0.25) is 4.79 Å². The Bertz CT molecular complexity index is 1320. The van der Waals surface area contributed by atoms with Crippen molar-refractivity contribution in [3.8, 4) is 5.75 Å². The van der Waals surface area contributed by atoms with Crippen molar-refractivity contribution in [3.05, 3.63) is 46.7 Å². The van der Waals surface area contributed by atoms with Crippen LogP contribution in [0.5, 0.6) is 5.75 Å². The van der Waals surface area contributed by atoms with Crippen molar-refractivity contribution in [2.75, 3.05) is 57.4 Å².